The minimum absolute atomic E-state index is 0.0377. The van der Waals surface area contributed by atoms with E-state index in [4.69, 9.17) is 4.98 Å². The molecule has 1 atom stereocenters. The summed E-state index contributed by atoms with van der Waals surface area (Å²) in [7, 11) is -3.10. The molecule has 3 heterocycles. The fourth-order valence-electron chi connectivity index (χ4n) is 4.35. The molecule has 1 aliphatic rings. The molecule has 7 nitrogen and oxygen atoms in total. The highest BCUT2D eigenvalue weighted by Crippen LogP contribution is 2.32. The first-order chi connectivity index (χ1) is 15.9. The molecule has 0 radical (unpaired) electrons. The predicted octanol–water partition coefficient (Wildman–Crippen LogP) is 3.70. The lowest BCUT2D eigenvalue weighted by Crippen LogP contribution is -2.23. The lowest BCUT2D eigenvalue weighted by atomic mass is 10.0. The molecule has 1 aliphatic heterocycles. The molecular formula is C25H24N4O3S. The average Bonchev–Trinajstić information content (AvgIpc) is 3.36. The molecule has 168 valence electrons. The predicted molar refractivity (Wildman–Crippen MR) is 128 cm³/mol. The molecule has 1 N–H and O–H groups in total. The van der Waals surface area contributed by atoms with Crippen LogP contribution in [0.4, 0.5) is 0 Å². The maximum Gasteiger partial charge on any atom is 0.252 e. The number of hydrogen-bond acceptors (Lipinski definition) is 5. The number of sulfone groups is 1. The number of pyridine rings is 1. The van der Waals surface area contributed by atoms with Gasteiger partial charge in [0.15, 0.2) is 15.5 Å². The Labute approximate surface area is 192 Å². The van der Waals surface area contributed by atoms with Crippen molar-refractivity contribution in [1.29, 1.82) is 0 Å². The van der Waals surface area contributed by atoms with Gasteiger partial charge >= 0.3 is 0 Å². The highest BCUT2D eigenvalue weighted by molar-refractivity contribution is 7.91. The Morgan fingerprint density at radius 1 is 1.09 bits per heavy atom. The van der Waals surface area contributed by atoms with Crippen molar-refractivity contribution in [2.75, 3.05) is 11.5 Å². The largest absolute Gasteiger partial charge is 0.348 e. The Bertz CT molecular complexity index is 1430. The lowest BCUT2D eigenvalue weighted by molar-refractivity contribution is 0.0952. The van der Waals surface area contributed by atoms with Gasteiger partial charge in [-0.15, -0.1) is 0 Å². The number of carbonyl (C=O) groups excluding carboxylic acids is 1. The van der Waals surface area contributed by atoms with E-state index in [2.05, 4.69) is 10.4 Å². The van der Waals surface area contributed by atoms with E-state index < -0.39 is 9.84 Å². The van der Waals surface area contributed by atoms with Crippen LogP contribution in [0.2, 0.25) is 0 Å². The van der Waals surface area contributed by atoms with Crippen LogP contribution in [0.5, 0.6) is 0 Å². The van der Waals surface area contributed by atoms with Gasteiger partial charge in [0.1, 0.15) is 0 Å². The van der Waals surface area contributed by atoms with Crippen molar-refractivity contribution in [1.82, 2.24) is 20.1 Å². The highest BCUT2D eigenvalue weighted by atomic mass is 32.2. The summed E-state index contributed by atoms with van der Waals surface area (Å²) in [6.07, 6.45) is 0.491. The van der Waals surface area contributed by atoms with Crippen molar-refractivity contribution < 1.29 is 13.2 Å². The summed E-state index contributed by atoms with van der Waals surface area (Å²) in [5.41, 5.74) is 4.21. The van der Waals surface area contributed by atoms with E-state index in [9.17, 15) is 13.2 Å². The number of rotatable bonds is 5. The van der Waals surface area contributed by atoms with Crippen LogP contribution in [0.3, 0.4) is 0 Å². The molecule has 0 aliphatic carbocycles. The molecule has 8 heteroatoms. The maximum absolute atomic E-state index is 13.3. The number of nitrogens with zero attached hydrogens (tertiary/aromatic N) is 3. The van der Waals surface area contributed by atoms with Crippen molar-refractivity contribution in [3.05, 3.63) is 83.6 Å². The van der Waals surface area contributed by atoms with E-state index in [1.807, 2.05) is 67.6 Å². The first-order valence-corrected chi connectivity index (χ1v) is 12.7. The molecule has 1 amide bonds. The summed E-state index contributed by atoms with van der Waals surface area (Å²) in [6, 6.07) is 20.9. The fraction of sp³-hybridized carbons (Fsp3) is 0.240. The van der Waals surface area contributed by atoms with Gasteiger partial charge in [0.05, 0.1) is 39.9 Å². The number of fused-ring (bicyclic) bond motifs is 1. The van der Waals surface area contributed by atoms with Gasteiger partial charge in [0.25, 0.3) is 5.91 Å². The number of carbonyl (C=O) groups is 1. The van der Waals surface area contributed by atoms with Crippen molar-refractivity contribution in [2.24, 2.45) is 0 Å². The molecular weight excluding hydrogens is 436 g/mol. The smallest absolute Gasteiger partial charge is 0.252 e. The maximum atomic E-state index is 13.3. The van der Waals surface area contributed by atoms with Crippen molar-refractivity contribution in [3.63, 3.8) is 0 Å². The minimum atomic E-state index is -3.10. The third kappa shape index (κ3) is 4.26. The van der Waals surface area contributed by atoms with Crippen LogP contribution in [0.1, 0.15) is 34.1 Å². The molecule has 2 aromatic heterocycles. The van der Waals surface area contributed by atoms with Crippen LogP contribution < -0.4 is 5.32 Å². The van der Waals surface area contributed by atoms with Gasteiger partial charge < -0.3 is 5.32 Å². The normalized spacial score (nSPS) is 17.3. The second-order valence-electron chi connectivity index (χ2n) is 8.37. The van der Waals surface area contributed by atoms with Crippen LogP contribution in [0.15, 0.2) is 66.7 Å². The van der Waals surface area contributed by atoms with Crippen LogP contribution in [-0.4, -0.2) is 40.6 Å². The number of benzene rings is 2. The second kappa shape index (κ2) is 8.44. The molecule has 5 rings (SSSR count). The standard InChI is InChI=1S/C25H24N4O3S/c1-17-23-21(25(30)26-15-18-8-4-2-5-9-18)14-22(19-10-6-3-7-11-19)27-24(23)29(28-17)20-12-13-33(31,32)16-20/h2-11,14,20H,12-13,15-16H2,1H3,(H,26,30)/t20-/m1/s1. The third-order valence-corrected chi connectivity index (χ3v) is 7.75. The molecule has 33 heavy (non-hydrogen) atoms. The van der Waals surface area contributed by atoms with Gasteiger partial charge in [-0.1, -0.05) is 60.7 Å². The second-order valence-corrected chi connectivity index (χ2v) is 10.6. The first-order valence-electron chi connectivity index (χ1n) is 10.9. The Morgan fingerprint density at radius 3 is 2.45 bits per heavy atom. The van der Waals surface area contributed by atoms with E-state index in [1.54, 1.807) is 10.7 Å². The fourth-order valence-corrected chi connectivity index (χ4v) is 6.04. The summed E-state index contributed by atoms with van der Waals surface area (Å²) in [6.45, 7) is 2.23. The summed E-state index contributed by atoms with van der Waals surface area (Å²) >= 11 is 0. The Kier molecular flexibility index (Phi) is 5.46. The van der Waals surface area contributed by atoms with Gasteiger partial charge in [0.2, 0.25) is 0 Å². The van der Waals surface area contributed by atoms with E-state index in [0.29, 0.717) is 41.0 Å². The Morgan fingerprint density at radius 2 is 1.79 bits per heavy atom. The zero-order valence-corrected chi connectivity index (χ0v) is 19.0. The molecule has 4 aromatic rings. The SMILES string of the molecule is Cc1nn([C@@H]2CCS(=O)(=O)C2)c2nc(-c3ccccc3)cc(C(=O)NCc3ccccc3)c12. The van der Waals surface area contributed by atoms with Gasteiger partial charge in [-0.25, -0.2) is 18.1 Å². The number of hydrogen-bond donors (Lipinski definition) is 1. The van der Waals surface area contributed by atoms with Gasteiger partial charge in [-0.2, -0.15) is 5.10 Å². The van der Waals surface area contributed by atoms with Crippen LogP contribution in [0.25, 0.3) is 22.3 Å². The Balaban J connectivity index is 1.61. The van der Waals surface area contributed by atoms with Crippen LogP contribution in [0, 0.1) is 6.92 Å². The minimum Gasteiger partial charge on any atom is -0.348 e. The van der Waals surface area contributed by atoms with Crippen molar-refractivity contribution in [2.45, 2.75) is 25.9 Å². The molecule has 0 unspecified atom stereocenters. The molecule has 0 bridgehead atoms. The van der Waals surface area contributed by atoms with E-state index in [1.165, 1.54) is 0 Å². The zero-order chi connectivity index (χ0) is 23.0. The monoisotopic (exact) mass is 460 g/mol. The highest BCUT2D eigenvalue weighted by Gasteiger charge is 2.32. The average molecular weight is 461 g/mol. The van der Waals surface area contributed by atoms with Crippen LogP contribution >= 0.6 is 0 Å². The molecule has 1 fully saturated rings. The summed E-state index contributed by atoms with van der Waals surface area (Å²) < 4.78 is 25.9. The van der Waals surface area contributed by atoms with E-state index in [0.717, 1.165) is 11.1 Å². The number of nitrogens with one attached hydrogen (secondary N) is 1. The Hall–Kier alpha value is -3.52. The van der Waals surface area contributed by atoms with Crippen molar-refractivity contribution >= 4 is 26.8 Å². The quantitative estimate of drug-likeness (QED) is 0.490. The summed E-state index contributed by atoms with van der Waals surface area (Å²) in [4.78, 5) is 18.2. The van der Waals surface area contributed by atoms with Gasteiger partial charge in [0, 0.05) is 12.1 Å². The topological polar surface area (TPSA) is 93.9 Å². The summed E-state index contributed by atoms with van der Waals surface area (Å²) in [5, 5.41) is 8.31. The molecule has 0 spiro atoms. The van der Waals surface area contributed by atoms with E-state index >= 15 is 0 Å². The van der Waals surface area contributed by atoms with Gasteiger partial charge in [-0.05, 0) is 25.0 Å². The summed E-state index contributed by atoms with van der Waals surface area (Å²) in [5.74, 6) is -0.0400. The zero-order valence-electron chi connectivity index (χ0n) is 18.2. The van der Waals surface area contributed by atoms with Crippen molar-refractivity contribution in [3.8, 4) is 11.3 Å². The molecule has 2 aromatic carbocycles. The van der Waals surface area contributed by atoms with E-state index in [-0.39, 0.29) is 23.5 Å². The number of amides is 1. The lowest BCUT2D eigenvalue weighted by Gasteiger charge is -2.12. The number of aromatic nitrogens is 3. The first kappa shape index (κ1) is 21.3. The third-order valence-electron chi connectivity index (χ3n) is 6.00. The van der Waals surface area contributed by atoms with Gasteiger partial charge in [-0.3, -0.25) is 4.79 Å². The molecule has 0 saturated carbocycles. The van der Waals surface area contributed by atoms with Crippen LogP contribution in [-0.2, 0) is 16.4 Å². The molecule has 1 saturated heterocycles. The number of aryl methyl sites for hydroxylation is 1.